The van der Waals surface area contributed by atoms with E-state index in [4.69, 9.17) is 10.00 Å². The number of nitriles is 2. The third kappa shape index (κ3) is 5.19. The Balaban J connectivity index is 1.64. The number of hydrogen-bond acceptors (Lipinski definition) is 5. The van der Waals surface area contributed by atoms with Gasteiger partial charge in [-0.2, -0.15) is 22.3 Å². The molecule has 2 rings (SSSR count). The van der Waals surface area contributed by atoms with Crippen molar-refractivity contribution in [1.29, 1.82) is 10.5 Å². The van der Waals surface area contributed by atoms with Crippen molar-refractivity contribution < 1.29 is 9.53 Å². The first kappa shape index (κ1) is 17.2. The average Bonchev–Trinajstić information content (AvgIpc) is 3.03. The lowest BCUT2D eigenvalue weighted by Crippen LogP contribution is -2.47. The summed E-state index contributed by atoms with van der Waals surface area (Å²) in [5.74, 6) is 2.19. The van der Waals surface area contributed by atoms with Gasteiger partial charge < -0.3 is 10.1 Å². The number of thioether (sulfide) groups is 1. The molecule has 5 nitrogen and oxygen atoms in total. The van der Waals surface area contributed by atoms with Crippen LogP contribution in [0, 0.1) is 22.7 Å². The molecule has 0 spiro atoms. The van der Waals surface area contributed by atoms with E-state index in [1.807, 2.05) is 6.07 Å². The number of rotatable bonds is 7. The maximum atomic E-state index is 11.9. The lowest BCUT2D eigenvalue weighted by Gasteiger charge is -2.21. The van der Waals surface area contributed by atoms with Gasteiger partial charge in [0, 0.05) is 12.2 Å². The van der Waals surface area contributed by atoms with Gasteiger partial charge in [-0.15, -0.1) is 0 Å². The maximum absolute atomic E-state index is 11.9. The molecule has 1 atom stereocenters. The number of ether oxygens (including phenoxy) is 1. The first-order valence-electron chi connectivity index (χ1n) is 7.60. The molecule has 0 radical (unpaired) electrons. The Kier molecular flexibility index (Phi) is 6.31. The minimum Gasteiger partial charge on any atom is -0.494 e. The largest absolute Gasteiger partial charge is 0.494 e. The van der Waals surface area contributed by atoms with Gasteiger partial charge in [0.25, 0.3) is 0 Å². The van der Waals surface area contributed by atoms with E-state index in [1.165, 1.54) is 0 Å². The van der Waals surface area contributed by atoms with Crippen molar-refractivity contribution in [2.24, 2.45) is 0 Å². The molecule has 0 bridgehead atoms. The van der Waals surface area contributed by atoms with Crippen molar-refractivity contribution in [3.8, 4) is 17.9 Å². The molecule has 0 aliphatic carbocycles. The van der Waals surface area contributed by atoms with Gasteiger partial charge in [0.2, 0.25) is 5.91 Å². The molecule has 1 aromatic rings. The van der Waals surface area contributed by atoms with Gasteiger partial charge in [-0.25, -0.2) is 0 Å². The van der Waals surface area contributed by atoms with Gasteiger partial charge in [-0.05, 0) is 43.2 Å². The van der Waals surface area contributed by atoms with Crippen LogP contribution >= 0.6 is 11.8 Å². The smallest absolute Gasteiger partial charge is 0.221 e. The zero-order valence-corrected chi connectivity index (χ0v) is 13.7. The van der Waals surface area contributed by atoms with Crippen LogP contribution in [0.25, 0.3) is 0 Å². The molecule has 0 saturated carbocycles. The Morgan fingerprint density at radius 1 is 1.39 bits per heavy atom. The number of amides is 1. The zero-order chi connectivity index (χ0) is 16.5. The molecule has 1 heterocycles. The van der Waals surface area contributed by atoms with E-state index in [9.17, 15) is 10.1 Å². The predicted molar refractivity (Wildman–Crippen MR) is 88.9 cm³/mol. The Labute approximate surface area is 140 Å². The Morgan fingerprint density at radius 2 is 2.26 bits per heavy atom. The van der Waals surface area contributed by atoms with E-state index in [0.29, 0.717) is 36.5 Å². The Bertz CT molecular complexity index is 627. The first-order chi connectivity index (χ1) is 11.2. The molecular formula is C17H19N3O2S. The number of hydrogen-bond donors (Lipinski definition) is 1. The van der Waals surface area contributed by atoms with Gasteiger partial charge in [0.15, 0.2) is 0 Å². The molecule has 1 saturated heterocycles. The van der Waals surface area contributed by atoms with Crippen LogP contribution < -0.4 is 10.1 Å². The van der Waals surface area contributed by atoms with Gasteiger partial charge >= 0.3 is 0 Å². The van der Waals surface area contributed by atoms with Crippen molar-refractivity contribution in [1.82, 2.24) is 5.32 Å². The molecule has 1 aliphatic heterocycles. The summed E-state index contributed by atoms with van der Waals surface area (Å²) in [5, 5.41) is 20.9. The van der Waals surface area contributed by atoms with E-state index >= 15 is 0 Å². The molecule has 1 fully saturated rings. The molecule has 23 heavy (non-hydrogen) atoms. The lowest BCUT2D eigenvalue weighted by molar-refractivity contribution is -0.122. The van der Waals surface area contributed by atoms with Crippen LogP contribution in [-0.4, -0.2) is 29.6 Å². The van der Waals surface area contributed by atoms with E-state index < -0.39 is 5.54 Å². The highest BCUT2D eigenvalue weighted by atomic mass is 32.2. The average molecular weight is 329 g/mol. The van der Waals surface area contributed by atoms with E-state index in [-0.39, 0.29) is 5.91 Å². The van der Waals surface area contributed by atoms with Crippen LogP contribution in [0.15, 0.2) is 24.3 Å². The van der Waals surface area contributed by atoms with Crippen molar-refractivity contribution in [2.45, 2.75) is 31.2 Å². The van der Waals surface area contributed by atoms with Gasteiger partial charge in [0.1, 0.15) is 11.3 Å². The predicted octanol–water partition coefficient (Wildman–Crippen LogP) is 2.62. The highest BCUT2D eigenvalue weighted by Gasteiger charge is 2.35. The summed E-state index contributed by atoms with van der Waals surface area (Å²) in [4.78, 5) is 11.9. The molecule has 6 heteroatoms. The summed E-state index contributed by atoms with van der Waals surface area (Å²) in [7, 11) is 0. The molecule has 120 valence electrons. The van der Waals surface area contributed by atoms with Crippen LogP contribution in [-0.2, 0) is 4.79 Å². The number of nitrogens with zero attached hydrogens (tertiary/aromatic N) is 2. The zero-order valence-electron chi connectivity index (χ0n) is 12.9. The third-order valence-corrected chi connectivity index (χ3v) is 4.83. The minimum atomic E-state index is -0.671. The van der Waals surface area contributed by atoms with Crippen LogP contribution in [0.2, 0.25) is 0 Å². The SMILES string of the molecule is N#Cc1cccc(OCCCCC(=O)N[C@@]2(C#N)CCSC2)c1. The maximum Gasteiger partial charge on any atom is 0.221 e. The molecule has 0 aromatic heterocycles. The van der Waals surface area contributed by atoms with E-state index in [1.54, 1.807) is 30.0 Å². The highest BCUT2D eigenvalue weighted by Crippen LogP contribution is 2.27. The minimum absolute atomic E-state index is 0.0690. The molecule has 1 aromatic carbocycles. The summed E-state index contributed by atoms with van der Waals surface area (Å²) < 4.78 is 5.57. The molecular weight excluding hydrogens is 310 g/mol. The third-order valence-electron chi connectivity index (χ3n) is 3.64. The fourth-order valence-corrected chi connectivity index (χ4v) is 3.61. The summed E-state index contributed by atoms with van der Waals surface area (Å²) in [6.45, 7) is 0.501. The van der Waals surface area contributed by atoms with Crippen molar-refractivity contribution in [3.05, 3.63) is 29.8 Å². The highest BCUT2D eigenvalue weighted by molar-refractivity contribution is 7.99. The second kappa shape index (κ2) is 8.45. The number of unbranched alkanes of at least 4 members (excludes halogenated alkanes) is 1. The number of nitrogens with one attached hydrogen (secondary N) is 1. The number of benzene rings is 1. The van der Waals surface area contributed by atoms with Crippen molar-refractivity contribution in [3.63, 3.8) is 0 Å². The van der Waals surface area contributed by atoms with Gasteiger partial charge in [-0.3, -0.25) is 4.79 Å². The van der Waals surface area contributed by atoms with Crippen LogP contribution in [0.4, 0.5) is 0 Å². The van der Waals surface area contributed by atoms with Crippen molar-refractivity contribution in [2.75, 3.05) is 18.1 Å². The fourth-order valence-electron chi connectivity index (χ4n) is 2.34. The second-order valence-corrected chi connectivity index (χ2v) is 6.60. The van der Waals surface area contributed by atoms with Crippen LogP contribution in [0.1, 0.15) is 31.2 Å². The molecule has 0 unspecified atom stereocenters. The molecule has 1 aliphatic rings. The quantitative estimate of drug-likeness (QED) is 0.777. The number of carbonyl (C=O) groups excluding carboxylic acids is 1. The summed E-state index contributed by atoms with van der Waals surface area (Å²) in [6, 6.07) is 11.3. The molecule has 1 amide bonds. The summed E-state index contributed by atoms with van der Waals surface area (Å²) >= 11 is 1.70. The van der Waals surface area contributed by atoms with E-state index in [0.717, 1.165) is 18.6 Å². The van der Waals surface area contributed by atoms with Gasteiger partial charge in [-0.1, -0.05) is 6.07 Å². The lowest BCUT2D eigenvalue weighted by atomic mass is 10.0. The van der Waals surface area contributed by atoms with Crippen LogP contribution in [0.5, 0.6) is 5.75 Å². The summed E-state index contributed by atoms with van der Waals surface area (Å²) in [5.41, 5.74) is -0.103. The second-order valence-electron chi connectivity index (χ2n) is 5.49. The Hall–Kier alpha value is -2.18. The normalized spacial score (nSPS) is 19.6. The van der Waals surface area contributed by atoms with Gasteiger partial charge in [0.05, 0.1) is 24.3 Å². The standard InChI is InChI=1S/C17H19N3O2S/c18-11-14-4-3-5-15(10-14)22-8-2-1-6-16(21)20-17(12-19)7-9-23-13-17/h3-5,10H,1-2,6-9,13H2,(H,20,21)/t17-/m1/s1. The molecule has 1 N–H and O–H groups in total. The first-order valence-corrected chi connectivity index (χ1v) is 8.76. The topological polar surface area (TPSA) is 85.9 Å². The monoisotopic (exact) mass is 329 g/mol. The van der Waals surface area contributed by atoms with Crippen molar-refractivity contribution >= 4 is 17.7 Å². The number of carbonyl (C=O) groups is 1. The van der Waals surface area contributed by atoms with Crippen LogP contribution in [0.3, 0.4) is 0 Å². The Morgan fingerprint density at radius 3 is 2.96 bits per heavy atom. The van der Waals surface area contributed by atoms with E-state index in [2.05, 4.69) is 17.5 Å². The fraction of sp³-hybridized carbons (Fsp3) is 0.471. The summed E-state index contributed by atoms with van der Waals surface area (Å²) in [6.07, 6.45) is 2.57.